The largest absolute Gasteiger partial charge is 0.494 e. The quantitative estimate of drug-likeness (QED) is 0.397. The van der Waals surface area contributed by atoms with Gasteiger partial charge in [0.2, 0.25) is 10.0 Å². The van der Waals surface area contributed by atoms with Gasteiger partial charge < -0.3 is 14.5 Å². The lowest BCUT2D eigenvalue weighted by molar-refractivity contribution is -0.130. The van der Waals surface area contributed by atoms with Crippen LogP contribution in [0.4, 0.5) is 19.0 Å². The third kappa shape index (κ3) is 7.69. The maximum atomic E-state index is 13.1. The Morgan fingerprint density at radius 1 is 1.05 bits per heavy atom. The Bertz CT molecular complexity index is 1450. The molecule has 4 rings (SSSR count). The van der Waals surface area contributed by atoms with E-state index in [1.165, 1.54) is 23.5 Å². The number of piperazine rings is 1. The van der Waals surface area contributed by atoms with Crippen LogP contribution in [0.15, 0.2) is 47.8 Å². The molecule has 0 saturated carbocycles. The van der Waals surface area contributed by atoms with Gasteiger partial charge in [0.05, 0.1) is 23.7 Å². The van der Waals surface area contributed by atoms with Crippen molar-refractivity contribution < 1.29 is 35.9 Å². The molecule has 1 aromatic carbocycles. The number of hydrogen-bond donors (Lipinski definition) is 1. The fourth-order valence-corrected chi connectivity index (χ4v) is 5.81. The van der Waals surface area contributed by atoms with E-state index >= 15 is 0 Å². The highest BCUT2D eigenvalue weighted by Crippen LogP contribution is 2.29. The molecule has 1 aliphatic heterocycles. The molecule has 0 aliphatic carbocycles. The van der Waals surface area contributed by atoms with Gasteiger partial charge in [-0.3, -0.25) is 9.59 Å². The molecule has 0 radical (unpaired) electrons. The van der Waals surface area contributed by atoms with E-state index in [1.807, 2.05) is 47.5 Å². The Morgan fingerprint density at radius 3 is 2.45 bits per heavy atom. The molecular weight excluding hydrogens is 571 g/mol. The third-order valence-corrected chi connectivity index (χ3v) is 8.12. The number of anilines is 1. The maximum Gasteiger partial charge on any atom is 0.390 e. The van der Waals surface area contributed by atoms with Crippen molar-refractivity contribution in [3.63, 3.8) is 0 Å². The Morgan fingerprint density at radius 2 is 1.80 bits per heavy atom. The van der Waals surface area contributed by atoms with Crippen molar-refractivity contribution >= 4 is 39.0 Å². The average Bonchev–Trinajstić information content (AvgIpc) is 3.42. The molecule has 1 saturated heterocycles. The van der Waals surface area contributed by atoms with Crippen LogP contribution >= 0.6 is 11.3 Å². The van der Waals surface area contributed by atoms with Crippen molar-refractivity contribution in [1.82, 2.24) is 19.8 Å². The summed E-state index contributed by atoms with van der Waals surface area (Å²) in [4.78, 5) is 29.4. The SMILES string of the molecule is CCOc1cccc(-c2csc(C(=O)N3CCN(c4ccc(C(=O)NS(=O)(=O)CCC(F)(F)F)nn4)CC3)c2)c1. The van der Waals surface area contributed by atoms with E-state index in [-0.39, 0.29) is 11.6 Å². The highest BCUT2D eigenvalue weighted by molar-refractivity contribution is 7.90. The lowest BCUT2D eigenvalue weighted by Gasteiger charge is -2.35. The van der Waals surface area contributed by atoms with Crippen molar-refractivity contribution in [3.05, 3.63) is 58.4 Å². The zero-order chi connectivity index (χ0) is 28.9. The van der Waals surface area contributed by atoms with Gasteiger partial charge >= 0.3 is 6.18 Å². The number of carbonyl (C=O) groups excluding carboxylic acids is 2. The highest BCUT2D eigenvalue weighted by Gasteiger charge is 2.31. The van der Waals surface area contributed by atoms with Crippen LogP contribution in [-0.2, 0) is 10.0 Å². The lowest BCUT2D eigenvalue weighted by atomic mass is 10.1. The molecule has 1 aliphatic rings. The molecule has 0 spiro atoms. The minimum absolute atomic E-state index is 0.0818. The molecular formula is C25H26F3N5O5S2. The first-order valence-corrected chi connectivity index (χ1v) is 14.8. The van der Waals surface area contributed by atoms with Crippen molar-refractivity contribution in [1.29, 1.82) is 0 Å². The summed E-state index contributed by atoms with van der Waals surface area (Å²) in [7, 11) is -4.49. The lowest BCUT2D eigenvalue weighted by Crippen LogP contribution is -2.49. The number of halogens is 3. The van der Waals surface area contributed by atoms with Crippen LogP contribution in [0.3, 0.4) is 0 Å². The van der Waals surface area contributed by atoms with Crippen LogP contribution < -0.4 is 14.4 Å². The molecule has 0 atom stereocenters. The topological polar surface area (TPSA) is 122 Å². The minimum Gasteiger partial charge on any atom is -0.494 e. The number of alkyl halides is 3. The van der Waals surface area contributed by atoms with Gasteiger partial charge in [-0.2, -0.15) is 13.2 Å². The van der Waals surface area contributed by atoms with Gasteiger partial charge in [0.1, 0.15) is 5.75 Å². The van der Waals surface area contributed by atoms with E-state index in [2.05, 4.69) is 10.2 Å². The van der Waals surface area contributed by atoms with E-state index in [0.717, 1.165) is 16.9 Å². The van der Waals surface area contributed by atoms with Crippen LogP contribution in [0.25, 0.3) is 11.1 Å². The number of hydrogen-bond acceptors (Lipinski definition) is 9. The molecule has 2 amide bonds. The molecule has 40 heavy (non-hydrogen) atoms. The standard InChI is InChI=1S/C25H26F3N5O5S2/c1-2-38-19-5-3-4-17(14-19)18-15-21(39-16-18)24(35)33-11-9-32(10-12-33)22-7-6-20(29-30-22)23(34)31-40(36,37)13-8-25(26,27)28/h3-7,14-16H,2,8-13H2,1H3,(H,31,34). The second-order valence-electron chi connectivity index (χ2n) is 8.83. The first-order chi connectivity index (χ1) is 18.9. The maximum absolute atomic E-state index is 13.1. The number of amides is 2. The first-order valence-electron chi connectivity index (χ1n) is 12.3. The summed E-state index contributed by atoms with van der Waals surface area (Å²) in [5.74, 6) is -1.35. The predicted molar refractivity (Wildman–Crippen MR) is 143 cm³/mol. The fourth-order valence-electron chi connectivity index (χ4n) is 3.94. The summed E-state index contributed by atoms with van der Waals surface area (Å²) in [6, 6.07) is 12.2. The second-order valence-corrected chi connectivity index (χ2v) is 11.6. The second kappa shape index (κ2) is 12.2. The number of carbonyl (C=O) groups is 2. The average molecular weight is 598 g/mol. The van der Waals surface area contributed by atoms with Gasteiger partial charge in [0.15, 0.2) is 11.5 Å². The molecule has 10 nitrogen and oxygen atoms in total. The van der Waals surface area contributed by atoms with E-state index in [0.29, 0.717) is 43.5 Å². The highest BCUT2D eigenvalue weighted by atomic mass is 32.2. The summed E-state index contributed by atoms with van der Waals surface area (Å²) in [6.07, 6.45) is -6.25. The van der Waals surface area contributed by atoms with Gasteiger partial charge in [-0.15, -0.1) is 21.5 Å². The molecule has 0 bridgehead atoms. The molecule has 15 heteroatoms. The van der Waals surface area contributed by atoms with Gasteiger partial charge in [0, 0.05) is 26.2 Å². The Labute approximate surface area is 232 Å². The number of nitrogens with zero attached hydrogens (tertiary/aromatic N) is 4. The molecule has 1 N–H and O–H groups in total. The molecule has 1 fully saturated rings. The molecule has 3 aromatic rings. The van der Waals surface area contributed by atoms with Crippen LogP contribution in [0.5, 0.6) is 5.75 Å². The monoisotopic (exact) mass is 597 g/mol. The first kappa shape index (κ1) is 29.3. The zero-order valence-electron chi connectivity index (χ0n) is 21.3. The summed E-state index contributed by atoms with van der Waals surface area (Å²) in [6.45, 7) is 4.23. The van der Waals surface area contributed by atoms with Crippen molar-refractivity contribution in [2.75, 3.05) is 43.4 Å². The number of rotatable bonds is 9. The van der Waals surface area contributed by atoms with Gasteiger partial charge in [-0.25, -0.2) is 13.1 Å². The normalized spacial score (nSPS) is 14.2. The van der Waals surface area contributed by atoms with Crippen molar-refractivity contribution in [2.45, 2.75) is 19.5 Å². The summed E-state index contributed by atoms with van der Waals surface area (Å²) in [5.41, 5.74) is 1.54. The van der Waals surface area contributed by atoms with Crippen molar-refractivity contribution in [2.24, 2.45) is 0 Å². The van der Waals surface area contributed by atoms with Crippen LogP contribution in [0.2, 0.25) is 0 Å². The number of thiophene rings is 1. The minimum atomic E-state index is -4.67. The molecule has 3 heterocycles. The summed E-state index contributed by atoms with van der Waals surface area (Å²) >= 11 is 1.37. The molecule has 0 unspecified atom stereocenters. The Balaban J connectivity index is 1.31. The molecule has 214 valence electrons. The summed E-state index contributed by atoms with van der Waals surface area (Å²) in [5, 5.41) is 9.61. The van der Waals surface area contributed by atoms with Gasteiger partial charge in [-0.1, -0.05) is 12.1 Å². The summed E-state index contributed by atoms with van der Waals surface area (Å²) < 4.78 is 67.5. The van der Waals surface area contributed by atoms with E-state index in [4.69, 9.17) is 4.74 Å². The van der Waals surface area contributed by atoms with Crippen LogP contribution in [0.1, 0.15) is 33.5 Å². The number of ether oxygens (including phenoxy) is 1. The van der Waals surface area contributed by atoms with E-state index in [1.54, 1.807) is 9.62 Å². The van der Waals surface area contributed by atoms with Crippen molar-refractivity contribution in [3.8, 4) is 16.9 Å². The zero-order valence-corrected chi connectivity index (χ0v) is 23.0. The van der Waals surface area contributed by atoms with E-state index < -0.39 is 34.3 Å². The van der Waals surface area contributed by atoms with Gasteiger partial charge in [-0.05, 0) is 53.8 Å². The smallest absolute Gasteiger partial charge is 0.390 e. The number of benzene rings is 1. The Kier molecular flexibility index (Phi) is 8.93. The van der Waals surface area contributed by atoms with Crippen LogP contribution in [-0.4, -0.2) is 80.0 Å². The fraction of sp³-hybridized carbons (Fsp3) is 0.360. The molecule has 2 aromatic heterocycles. The number of aromatic nitrogens is 2. The van der Waals surface area contributed by atoms with Gasteiger partial charge in [0.25, 0.3) is 11.8 Å². The third-order valence-electron chi connectivity index (χ3n) is 5.97. The Hall–Kier alpha value is -3.72. The predicted octanol–water partition coefficient (Wildman–Crippen LogP) is 3.58. The number of sulfonamides is 1. The number of nitrogens with one attached hydrogen (secondary N) is 1. The van der Waals surface area contributed by atoms with E-state index in [9.17, 15) is 31.2 Å². The van der Waals surface area contributed by atoms with Crippen LogP contribution in [0, 0.1) is 0 Å².